The Bertz CT molecular complexity index is 1810. The van der Waals surface area contributed by atoms with Gasteiger partial charge in [0.25, 0.3) is 0 Å². The van der Waals surface area contributed by atoms with Crippen molar-refractivity contribution in [1.29, 1.82) is 0 Å². The third-order valence-corrected chi connectivity index (χ3v) is 6.92. The summed E-state index contributed by atoms with van der Waals surface area (Å²) in [6, 6.07) is 46.2. The van der Waals surface area contributed by atoms with Crippen LogP contribution in [0.5, 0.6) is 0 Å². The van der Waals surface area contributed by atoms with E-state index in [4.69, 9.17) is 9.97 Å². The second-order valence-corrected chi connectivity index (χ2v) is 9.38. The predicted octanol–water partition coefficient (Wildman–Crippen LogP) is 8.85. The third kappa shape index (κ3) is 4.21. The minimum atomic E-state index is 0.713. The van der Waals surface area contributed by atoms with Gasteiger partial charge in [0.1, 0.15) is 0 Å². The van der Waals surface area contributed by atoms with E-state index in [1.165, 1.54) is 21.5 Å². The lowest BCUT2D eigenvalue weighted by Gasteiger charge is -2.11. The number of fused-ring (bicyclic) bond motifs is 2. The van der Waals surface area contributed by atoms with E-state index in [9.17, 15) is 0 Å². The molecule has 0 fully saturated rings. The Hall–Kier alpha value is -5.15. The van der Waals surface area contributed by atoms with Crippen LogP contribution in [0.3, 0.4) is 0 Å². The average Bonchev–Trinajstić information content (AvgIpc) is 3.01. The Labute approximate surface area is 221 Å². The highest BCUT2D eigenvalue weighted by Gasteiger charge is 2.12. The van der Waals surface area contributed by atoms with Gasteiger partial charge in [0.15, 0.2) is 5.82 Å². The van der Waals surface area contributed by atoms with Gasteiger partial charge in [-0.05, 0) is 51.9 Å². The molecule has 0 unspecified atom stereocenters. The van der Waals surface area contributed by atoms with E-state index in [0.717, 1.165) is 39.3 Å². The molecule has 0 radical (unpaired) electrons. The molecule has 38 heavy (non-hydrogen) atoms. The molecule has 0 bridgehead atoms. The van der Waals surface area contributed by atoms with Crippen molar-refractivity contribution in [1.82, 2.24) is 15.0 Å². The first kappa shape index (κ1) is 22.1. The quantitative estimate of drug-likeness (QED) is 0.250. The molecule has 0 saturated carbocycles. The van der Waals surface area contributed by atoms with E-state index in [1.54, 1.807) is 0 Å². The Balaban J connectivity index is 1.38. The number of rotatable bonds is 4. The molecule has 3 heteroatoms. The van der Waals surface area contributed by atoms with Crippen molar-refractivity contribution in [3.8, 4) is 45.2 Å². The molecule has 0 amide bonds. The fraction of sp³-hybridized carbons (Fsp3) is 0. The zero-order valence-electron chi connectivity index (χ0n) is 20.6. The highest BCUT2D eigenvalue weighted by Crippen LogP contribution is 2.31. The smallest absolute Gasteiger partial charge is 0.160 e. The van der Waals surface area contributed by atoms with Crippen LogP contribution < -0.4 is 0 Å². The molecule has 178 valence electrons. The summed E-state index contributed by atoms with van der Waals surface area (Å²) in [6.45, 7) is 0. The molecule has 7 aromatic rings. The predicted molar refractivity (Wildman–Crippen MR) is 157 cm³/mol. The normalized spacial score (nSPS) is 11.2. The van der Waals surface area contributed by atoms with Gasteiger partial charge < -0.3 is 0 Å². The number of hydrogen-bond donors (Lipinski definition) is 0. The highest BCUT2D eigenvalue weighted by molar-refractivity contribution is 5.89. The first-order valence-electron chi connectivity index (χ1n) is 12.7. The Morgan fingerprint density at radius 1 is 0.342 bits per heavy atom. The van der Waals surface area contributed by atoms with Crippen LogP contribution in [0, 0.1) is 0 Å². The lowest BCUT2D eigenvalue weighted by Crippen LogP contribution is -1.96. The lowest BCUT2D eigenvalue weighted by molar-refractivity contribution is 1.18. The first-order valence-corrected chi connectivity index (χ1v) is 12.7. The largest absolute Gasteiger partial charge is 0.256 e. The molecule has 0 spiro atoms. The minimum absolute atomic E-state index is 0.713. The first-order chi connectivity index (χ1) is 18.8. The molecule has 2 aromatic heterocycles. The Morgan fingerprint density at radius 3 is 1.47 bits per heavy atom. The summed E-state index contributed by atoms with van der Waals surface area (Å²) in [5.41, 5.74) is 6.92. The van der Waals surface area contributed by atoms with Crippen LogP contribution in [-0.2, 0) is 0 Å². The van der Waals surface area contributed by atoms with E-state index in [2.05, 4.69) is 120 Å². The van der Waals surface area contributed by atoms with Gasteiger partial charge in [0, 0.05) is 28.5 Å². The summed E-state index contributed by atoms with van der Waals surface area (Å²) < 4.78 is 0. The van der Waals surface area contributed by atoms with Crippen LogP contribution in [0.4, 0.5) is 0 Å². The van der Waals surface area contributed by atoms with Crippen molar-refractivity contribution in [2.75, 3.05) is 0 Å². The molecule has 0 aliphatic heterocycles. The number of hydrogen-bond acceptors (Lipinski definition) is 3. The monoisotopic (exact) mass is 485 g/mol. The zero-order chi connectivity index (χ0) is 25.3. The van der Waals surface area contributed by atoms with Gasteiger partial charge >= 0.3 is 0 Å². The molecule has 5 aromatic carbocycles. The van der Waals surface area contributed by atoms with Gasteiger partial charge in [0.05, 0.1) is 17.1 Å². The van der Waals surface area contributed by atoms with Gasteiger partial charge in [0.2, 0.25) is 0 Å². The van der Waals surface area contributed by atoms with Crippen molar-refractivity contribution in [2.24, 2.45) is 0 Å². The Morgan fingerprint density at radius 2 is 0.842 bits per heavy atom. The van der Waals surface area contributed by atoms with Crippen LogP contribution in [-0.4, -0.2) is 15.0 Å². The molecule has 3 nitrogen and oxygen atoms in total. The summed E-state index contributed by atoms with van der Waals surface area (Å²) >= 11 is 0. The SMILES string of the molecule is c1ccc(-c2ccc(-c3cc(-c4ccc5ccccc5c4)nc(-c4ccc5ccccc5c4)n3)cc2)nc1. The van der Waals surface area contributed by atoms with E-state index >= 15 is 0 Å². The van der Waals surface area contributed by atoms with Crippen molar-refractivity contribution >= 4 is 21.5 Å². The van der Waals surface area contributed by atoms with Gasteiger partial charge in [-0.25, -0.2) is 9.97 Å². The second kappa shape index (κ2) is 9.38. The van der Waals surface area contributed by atoms with E-state index < -0.39 is 0 Å². The molecular weight excluding hydrogens is 462 g/mol. The topological polar surface area (TPSA) is 38.7 Å². The van der Waals surface area contributed by atoms with Crippen LogP contribution in [0.25, 0.3) is 66.7 Å². The van der Waals surface area contributed by atoms with Gasteiger partial charge in [-0.2, -0.15) is 0 Å². The average molecular weight is 486 g/mol. The van der Waals surface area contributed by atoms with Crippen LogP contribution >= 0.6 is 0 Å². The number of nitrogens with zero attached hydrogens (tertiary/aromatic N) is 3. The van der Waals surface area contributed by atoms with Gasteiger partial charge in [-0.1, -0.05) is 103 Å². The molecule has 0 aliphatic rings. The molecule has 0 N–H and O–H groups in total. The van der Waals surface area contributed by atoms with Crippen LogP contribution in [0.15, 0.2) is 140 Å². The molecule has 7 rings (SSSR count). The zero-order valence-corrected chi connectivity index (χ0v) is 20.6. The third-order valence-electron chi connectivity index (χ3n) is 6.92. The van der Waals surface area contributed by atoms with Crippen LogP contribution in [0.2, 0.25) is 0 Å². The van der Waals surface area contributed by atoms with Gasteiger partial charge in [-0.3, -0.25) is 4.98 Å². The molecule has 0 saturated heterocycles. The summed E-state index contributed by atoms with van der Waals surface area (Å²) in [7, 11) is 0. The highest BCUT2D eigenvalue weighted by atomic mass is 14.9. The van der Waals surface area contributed by atoms with E-state index in [0.29, 0.717) is 5.82 Å². The summed E-state index contributed by atoms with van der Waals surface area (Å²) in [6.07, 6.45) is 1.82. The maximum atomic E-state index is 5.06. The van der Waals surface area contributed by atoms with Crippen molar-refractivity contribution in [2.45, 2.75) is 0 Å². The number of benzene rings is 5. The minimum Gasteiger partial charge on any atom is -0.256 e. The molecule has 2 heterocycles. The number of pyridine rings is 1. The fourth-order valence-electron chi connectivity index (χ4n) is 4.89. The molecule has 0 aliphatic carbocycles. The maximum absolute atomic E-state index is 5.06. The van der Waals surface area contributed by atoms with Crippen molar-refractivity contribution in [3.63, 3.8) is 0 Å². The standard InChI is InChI=1S/C35H23N3/c1-3-9-28-21-30(18-12-24(28)7-1)34-23-33(27-16-14-26(15-17-27)32-11-5-6-20-36-32)37-35(38-34)31-19-13-25-8-2-4-10-29(25)22-31/h1-23H. The summed E-state index contributed by atoms with van der Waals surface area (Å²) in [5.74, 6) is 0.713. The maximum Gasteiger partial charge on any atom is 0.160 e. The number of aromatic nitrogens is 3. The van der Waals surface area contributed by atoms with E-state index in [1.807, 2.05) is 24.4 Å². The fourth-order valence-corrected chi connectivity index (χ4v) is 4.89. The Kier molecular flexibility index (Phi) is 5.45. The lowest BCUT2D eigenvalue weighted by atomic mass is 10.0. The van der Waals surface area contributed by atoms with Crippen molar-refractivity contribution < 1.29 is 0 Å². The molecule has 0 atom stereocenters. The van der Waals surface area contributed by atoms with E-state index in [-0.39, 0.29) is 0 Å². The summed E-state index contributed by atoms with van der Waals surface area (Å²) in [4.78, 5) is 14.6. The van der Waals surface area contributed by atoms with Gasteiger partial charge in [-0.15, -0.1) is 0 Å². The molecular formula is C35H23N3. The second-order valence-electron chi connectivity index (χ2n) is 9.38. The summed E-state index contributed by atoms with van der Waals surface area (Å²) in [5, 5.41) is 4.78. The van der Waals surface area contributed by atoms with Crippen LogP contribution in [0.1, 0.15) is 0 Å². The van der Waals surface area contributed by atoms with Crippen molar-refractivity contribution in [3.05, 3.63) is 140 Å².